The first-order valence-electron chi connectivity index (χ1n) is 5.91. The Labute approximate surface area is 120 Å². The van der Waals surface area contributed by atoms with Crippen LogP contribution >= 0.6 is 11.6 Å². The Morgan fingerprint density at radius 2 is 1.95 bits per heavy atom. The zero-order valence-electron chi connectivity index (χ0n) is 10.8. The molecule has 0 radical (unpaired) electrons. The third kappa shape index (κ3) is 3.19. The van der Waals surface area contributed by atoms with Crippen molar-refractivity contribution in [3.8, 4) is 0 Å². The summed E-state index contributed by atoms with van der Waals surface area (Å²) in [4.78, 5) is 27.2. The number of carboxylic acids is 1. The topological polar surface area (TPSA) is 73.4 Å². The lowest BCUT2D eigenvalue weighted by atomic mass is 10.2. The van der Waals surface area contributed by atoms with E-state index in [0.717, 1.165) is 5.56 Å². The van der Waals surface area contributed by atoms with Gasteiger partial charge in [0.05, 0.1) is 5.02 Å². The number of aliphatic carboxylic acids is 1. The highest BCUT2D eigenvalue weighted by Gasteiger charge is 2.21. The molecule has 104 valence electrons. The fraction of sp³-hybridized carbons (Fsp3) is 0.143. The third-order valence-electron chi connectivity index (χ3n) is 2.76. The summed E-state index contributed by atoms with van der Waals surface area (Å²) in [5, 5.41) is 9.37. The van der Waals surface area contributed by atoms with Gasteiger partial charge in [0, 0.05) is 11.9 Å². The molecule has 1 amide bonds. The van der Waals surface area contributed by atoms with Gasteiger partial charge in [-0.2, -0.15) is 0 Å². The van der Waals surface area contributed by atoms with E-state index in [-0.39, 0.29) is 5.69 Å². The van der Waals surface area contributed by atoms with E-state index in [9.17, 15) is 9.59 Å². The van der Waals surface area contributed by atoms with Gasteiger partial charge < -0.3 is 10.1 Å². The number of carbonyl (C=O) groups is 2. The van der Waals surface area contributed by atoms with Crippen molar-refractivity contribution in [2.24, 2.45) is 0 Å². The Kier molecular flexibility index (Phi) is 4.10. The predicted octanol–water partition coefficient (Wildman–Crippen LogP) is 2.71. The van der Waals surface area contributed by atoms with Crippen LogP contribution in [0.5, 0.6) is 0 Å². The van der Waals surface area contributed by atoms with Crippen molar-refractivity contribution in [3.05, 3.63) is 52.8 Å². The lowest BCUT2D eigenvalue weighted by Gasteiger charge is -2.20. The monoisotopic (exact) mass is 292 g/mol. The van der Waals surface area contributed by atoms with Crippen LogP contribution in [0.2, 0.25) is 5.02 Å². The molecule has 0 fully saturated rings. The summed E-state index contributed by atoms with van der Waals surface area (Å²) in [6.45, 7) is 1.50. The molecular weight excluding hydrogens is 280 g/mol. The molecule has 1 heterocycles. The van der Waals surface area contributed by atoms with E-state index in [2.05, 4.69) is 4.98 Å². The van der Waals surface area contributed by atoms with Gasteiger partial charge in [0.2, 0.25) is 0 Å². The second-order valence-electron chi connectivity index (χ2n) is 4.35. The van der Waals surface area contributed by atoms with Crippen molar-refractivity contribution in [2.75, 3.05) is 11.4 Å². The number of aromatic nitrogens is 1. The Balaban J connectivity index is 2.34. The molecule has 2 aromatic rings. The quantitative estimate of drug-likeness (QED) is 0.910. The maximum Gasteiger partial charge on any atom is 0.323 e. The van der Waals surface area contributed by atoms with E-state index in [0.29, 0.717) is 10.7 Å². The summed E-state index contributed by atoms with van der Waals surface area (Å²) in [7, 11) is 0. The fourth-order valence-electron chi connectivity index (χ4n) is 1.78. The summed E-state index contributed by atoms with van der Waals surface area (Å²) in [6.07, 6.45) is 1.48. The van der Waals surface area contributed by atoms with E-state index in [1.165, 1.54) is 17.2 Å². The maximum absolute atomic E-state index is 12.4. The molecule has 0 aliphatic heterocycles. The van der Waals surface area contributed by atoms with E-state index < -0.39 is 18.4 Å². The lowest BCUT2D eigenvalue weighted by Crippen LogP contribution is -2.35. The Bertz CT molecular complexity index is 634. The Morgan fingerprint density at radius 1 is 1.30 bits per heavy atom. The number of benzene rings is 1. The third-order valence-corrected chi connectivity index (χ3v) is 2.98. The standard InChI is InChI=1S/C14H13ClN2O3/c1-9-2-4-11(5-3-9)17(8-13(18)19)14(20)12-6-10(15)7-16-12/h2-7,16H,8H2,1H3,(H,18,19). The second kappa shape index (κ2) is 5.79. The van der Waals surface area contributed by atoms with Crippen LogP contribution in [0.4, 0.5) is 5.69 Å². The average Bonchev–Trinajstić information content (AvgIpc) is 2.83. The second-order valence-corrected chi connectivity index (χ2v) is 4.79. The summed E-state index contributed by atoms with van der Waals surface area (Å²) >= 11 is 5.76. The number of carbonyl (C=O) groups excluding carboxylic acids is 1. The van der Waals surface area contributed by atoms with Crippen LogP contribution in [-0.2, 0) is 4.79 Å². The molecule has 0 saturated carbocycles. The number of aryl methyl sites for hydroxylation is 1. The van der Waals surface area contributed by atoms with Crippen molar-refractivity contribution >= 4 is 29.2 Å². The van der Waals surface area contributed by atoms with Crippen LogP contribution in [0, 0.1) is 6.92 Å². The maximum atomic E-state index is 12.4. The van der Waals surface area contributed by atoms with Crippen molar-refractivity contribution < 1.29 is 14.7 Å². The van der Waals surface area contributed by atoms with Gasteiger partial charge in [0.1, 0.15) is 12.2 Å². The van der Waals surface area contributed by atoms with Gasteiger partial charge in [0.15, 0.2) is 0 Å². The van der Waals surface area contributed by atoms with Crippen LogP contribution in [-0.4, -0.2) is 28.5 Å². The first-order valence-corrected chi connectivity index (χ1v) is 6.29. The van der Waals surface area contributed by atoms with Gasteiger partial charge in [-0.05, 0) is 25.1 Å². The van der Waals surface area contributed by atoms with Gasteiger partial charge in [-0.3, -0.25) is 14.5 Å². The minimum absolute atomic E-state index is 0.247. The predicted molar refractivity (Wildman–Crippen MR) is 76.3 cm³/mol. The number of nitrogens with one attached hydrogen (secondary N) is 1. The lowest BCUT2D eigenvalue weighted by molar-refractivity contribution is -0.135. The number of carboxylic acid groups (broad SMARTS) is 1. The zero-order chi connectivity index (χ0) is 14.7. The van der Waals surface area contributed by atoms with Crippen LogP contribution in [0.15, 0.2) is 36.5 Å². The molecule has 2 rings (SSSR count). The minimum Gasteiger partial charge on any atom is -0.480 e. The van der Waals surface area contributed by atoms with Gasteiger partial charge in [-0.1, -0.05) is 29.3 Å². The van der Waals surface area contributed by atoms with E-state index in [4.69, 9.17) is 16.7 Å². The highest BCUT2D eigenvalue weighted by atomic mass is 35.5. The molecule has 0 unspecified atom stereocenters. The van der Waals surface area contributed by atoms with Crippen molar-refractivity contribution in [1.82, 2.24) is 4.98 Å². The van der Waals surface area contributed by atoms with E-state index in [1.807, 2.05) is 19.1 Å². The van der Waals surface area contributed by atoms with Crippen molar-refractivity contribution in [1.29, 1.82) is 0 Å². The summed E-state index contributed by atoms with van der Waals surface area (Å²) in [5.41, 5.74) is 1.80. The van der Waals surface area contributed by atoms with E-state index >= 15 is 0 Å². The molecule has 5 nitrogen and oxygen atoms in total. The zero-order valence-corrected chi connectivity index (χ0v) is 11.5. The van der Waals surface area contributed by atoms with Crippen molar-refractivity contribution in [2.45, 2.75) is 6.92 Å². The average molecular weight is 293 g/mol. The molecule has 20 heavy (non-hydrogen) atoms. The number of rotatable bonds is 4. The van der Waals surface area contributed by atoms with Gasteiger partial charge in [-0.25, -0.2) is 0 Å². The highest BCUT2D eigenvalue weighted by molar-refractivity contribution is 6.31. The van der Waals surface area contributed by atoms with Crippen LogP contribution < -0.4 is 4.90 Å². The highest BCUT2D eigenvalue weighted by Crippen LogP contribution is 2.19. The Hall–Kier alpha value is -2.27. The summed E-state index contributed by atoms with van der Waals surface area (Å²) in [6, 6.07) is 8.52. The number of amides is 1. The first kappa shape index (κ1) is 14.1. The van der Waals surface area contributed by atoms with Gasteiger partial charge in [0.25, 0.3) is 5.91 Å². The minimum atomic E-state index is -1.09. The molecule has 0 aliphatic rings. The van der Waals surface area contributed by atoms with E-state index in [1.54, 1.807) is 12.1 Å². The number of hydrogen-bond acceptors (Lipinski definition) is 2. The number of H-pyrrole nitrogens is 1. The summed E-state index contributed by atoms with van der Waals surface area (Å²) in [5.74, 6) is -1.53. The van der Waals surface area contributed by atoms with Gasteiger partial charge >= 0.3 is 5.97 Å². The number of nitrogens with zero attached hydrogens (tertiary/aromatic N) is 1. The largest absolute Gasteiger partial charge is 0.480 e. The molecule has 0 bridgehead atoms. The van der Waals surface area contributed by atoms with Crippen LogP contribution in [0.3, 0.4) is 0 Å². The van der Waals surface area contributed by atoms with Crippen molar-refractivity contribution in [3.63, 3.8) is 0 Å². The number of hydrogen-bond donors (Lipinski definition) is 2. The molecular formula is C14H13ClN2O3. The molecule has 1 aromatic heterocycles. The fourth-order valence-corrected chi connectivity index (χ4v) is 1.94. The van der Waals surface area contributed by atoms with Gasteiger partial charge in [-0.15, -0.1) is 0 Å². The summed E-state index contributed by atoms with van der Waals surface area (Å²) < 4.78 is 0. The smallest absolute Gasteiger partial charge is 0.323 e. The Morgan fingerprint density at radius 3 is 2.45 bits per heavy atom. The molecule has 0 aliphatic carbocycles. The number of aromatic amines is 1. The molecule has 0 saturated heterocycles. The molecule has 1 aromatic carbocycles. The van der Waals surface area contributed by atoms with Crippen LogP contribution in [0.1, 0.15) is 16.1 Å². The van der Waals surface area contributed by atoms with Crippen LogP contribution in [0.25, 0.3) is 0 Å². The molecule has 2 N–H and O–H groups in total. The SMILES string of the molecule is Cc1ccc(N(CC(=O)O)C(=O)c2cc(Cl)c[nH]2)cc1. The normalized spacial score (nSPS) is 10.3. The molecule has 6 heteroatoms. The first-order chi connectivity index (χ1) is 9.47. The molecule has 0 spiro atoms. The molecule has 0 atom stereocenters. The number of halogens is 1. The number of anilines is 1.